The molecule has 1 N–H and O–H groups in total. The Morgan fingerprint density at radius 2 is 2.26 bits per heavy atom. The van der Waals surface area contributed by atoms with Gasteiger partial charge in [0.2, 0.25) is 5.91 Å². The lowest BCUT2D eigenvalue weighted by Crippen LogP contribution is -2.57. The number of carbonyl (C=O) groups is 1. The monoisotopic (exact) mass is 286 g/mol. The zero-order valence-corrected chi connectivity index (χ0v) is 13.0. The maximum atomic E-state index is 12.5. The largest absolute Gasteiger partial charge is 0.375 e. The van der Waals surface area contributed by atoms with Crippen LogP contribution in [0, 0.1) is 0 Å². The van der Waals surface area contributed by atoms with E-state index in [0.29, 0.717) is 12.6 Å². The maximum absolute atomic E-state index is 12.5. The Morgan fingerprint density at radius 3 is 2.95 bits per heavy atom. The van der Waals surface area contributed by atoms with Gasteiger partial charge in [0.1, 0.15) is 6.04 Å². The van der Waals surface area contributed by atoms with Gasteiger partial charge in [0, 0.05) is 24.9 Å². The van der Waals surface area contributed by atoms with Crippen molar-refractivity contribution in [3.63, 3.8) is 0 Å². The van der Waals surface area contributed by atoms with Gasteiger partial charge < -0.3 is 15.0 Å². The predicted octanol–water partition coefficient (Wildman–Crippen LogP) is 1.50. The highest BCUT2D eigenvalue weighted by molar-refractivity contribution is 7.99. The average Bonchev–Trinajstić information content (AvgIpc) is 2.87. The van der Waals surface area contributed by atoms with Gasteiger partial charge in [0.05, 0.1) is 12.7 Å². The molecular weight excluding hydrogens is 260 g/mol. The molecule has 0 aromatic carbocycles. The van der Waals surface area contributed by atoms with Crippen LogP contribution in [0.3, 0.4) is 0 Å². The molecule has 1 heterocycles. The fraction of sp³-hybridized carbons (Fsp3) is 0.929. The van der Waals surface area contributed by atoms with E-state index in [2.05, 4.69) is 12.2 Å². The van der Waals surface area contributed by atoms with E-state index in [0.717, 1.165) is 24.6 Å². The van der Waals surface area contributed by atoms with E-state index < -0.39 is 0 Å². The summed E-state index contributed by atoms with van der Waals surface area (Å²) in [6.45, 7) is 5.66. The molecule has 0 aromatic heterocycles. The average molecular weight is 286 g/mol. The van der Waals surface area contributed by atoms with Crippen molar-refractivity contribution in [2.24, 2.45) is 0 Å². The second kappa shape index (κ2) is 6.95. The van der Waals surface area contributed by atoms with Gasteiger partial charge in [-0.1, -0.05) is 6.92 Å². The highest BCUT2D eigenvalue weighted by Gasteiger charge is 2.35. The van der Waals surface area contributed by atoms with E-state index in [-0.39, 0.29) is 18.1 Å². The summed E-state index contributed by atoms with van der Waals surface area (Å²) < 4.78 is 5.57. The summed E-state index contributed by atoms with van der Waals surface area (Å²) >= 11 is 2.03. The second-order valence-electron chi connectivity index (χ2n) is 5.50. The van der Waals surface area contributed by atoms with Gasteiger partial charge in [-0.15, -0.1) is 0 Å². The smallest absolute Gasteiger partial charge is 0.242 e. The van der Waals surface area contributed by atoms with Crippen molar-refractivity contribution in [2.45, 2.75) is 56.5 Å². The third-order valence-electron chi connectivity index (χ3n) is 4.24. The number of amides is 1. The zero-order chi connectivity index (χ0) is 13.8. The first-order chi connectivity index (χ1) is 9.13. The number of likely N-dealkylation sites (N-methyl/N-ethyl adjacent to an activating group) is 1. The Hall–Kier alpha value is -0.260. The van der Waals surface area contributed by atoms with Crippen molar-refractivity contribution in [1.29, 1.82) is 0 Å². The fourth-order valence-corrected chi connectivity index (χ4v) is 4.20. The van der Waals surface area contributed by atoms with Crippen molar-refractivity contribution in [2.75, 3.05) is 26.0 Å². The molecule has 1 aliphatic heterocycles. The lowest BCUT2D eigenvalue weighted by Gasteiger charge is -2.34. The molecule has 19 heavy (non-hydrogen) atoms. The van der Waals surface area contributed by atoms with Crippen molar-refractivity contribution in [3.8, 4) is 0 Å². The molecule has 0 spiro atoms. The van der Waals surface area contributed by atoms with Gasteiger partial charge in [0.15, 0.2) is 0 Å². The molecule has 4 nitrogen and oxygen atoms in total. The van der Waals surface area contributed by atoms with E-state index in [1.807, 2.05) is 30.6 Å². The number of thioether (sulfide) groups is 1. The second-order valence-corrected chi connectivity index (χ2v) is 7.08. The molecule has 1 saturated heterocycles. The zero-order valence-electron chi connectivity index (χ0n) is 12.2. The summed E-state index contributed by atoms with van der Waals surface area (Å²) in [7, 11) is 1.95. The van der Waals surface area contributed by atoms with E-state index in [4.69, 9.17) is 4.74 Å². The third kappa shape index (κ3) is 3.64. The highest BCUT2D eigenvalue weighted by atomic mass is 32.2. The van der Waals surface area contributed by atoms with Crippen molar-refractivity contribution < 1.29 is 9.53 Å². The number of rotatable bonds is 4. The van der Waals surface area contributed by atoms with Gasteiger partial charge in [0.25, 0.3) is 0 Å². The molecule has 5 heteroatoms. The van der Waals surface area contributed by atoms with Crippen LogP contribution in [-0.4, -0.2) is 60.2 Å². The van der Waals surface area contributed by atoms with E-state index in [1.54, 1.807) is 0 Å². The van der Waals surface area contributed by atoms with Crippen molar-refractivity contribution in [3.05, 3.63) is 0 Å². The number of ether oxygens (including phenoxy) is 1. The van der Waals surface area contributed by atoms with Crippen molar-refractivity contribution in [1.82, 2.24) is 10.2 Å². The van der Waals surface area contributed by atoms with Crippen molar-refractivity contribution >= 4 is 17.7 Å². The first-order valence-corrected chi connectivity index (χ1v) is 8.41. The van der Waals surface area contributed by atoms with Gasteiger partial charge >= 0.3 is 0 Å². The number of nitrogens with zero attached hydrogens (tertiary/aromatic N) is 1. The molecule has 1 saturated carbocycles. The molecule has 4 atom stereocenters. The molecule has 0 radical (unpaired) electrons. The van der Waals surface area contributed by atoms with Gasteiger partial charge in [-0.3, -0.25) is 4.79 Å². The summed E-state index contributed by atoms with van der Waals surface area (Å²) in [5.74, 6) is 1.36. The van der Waals surface area contributed by atoms with E-state index >= 15 is 0 Å². The van der Waals surface area contributed by atoms with Crippen LogP contribution in [0.4, 0.5) is 0 Å². The summed E-state index contributed by atoms with van der Waals surface area (Å²) in [5, 5.41) is 4.02. The van der Waals surface area contributed by atoms with Crippen LogP contribution in [0.5, 0.6) is 0 Å². The van der Waals surface area contributed by atoms with Crippen LogP contribution in [0.25, 0.3) is 0 Å². The molecule has 2 rings (SSSR count). The molecule has 2 aliphatic rings. The number of hydrogen-bond acceptors (Lipinski definition) is 4. The van der Waals surface area contributed by atoms with Crippen LogP contribution in [0.1, 0.15) is 33.1 Å². The SMILES string of the molecule is CCSC1CCC(N(C)C(=O)[C@H]2NCCO[C@@H]2C)C1. The number of hydrogen-bond donors (Lipinski definition) is 1. The lowest BCUT2D eigenvalue weighted by atomic mass is 10.1. The van der Waals surface area contributed by atoms with E-state index in [1.165, 1.54) is 12.2 Å². The minimum absolute atomic E-state index is 0.0223. The summed E-state index contributed by atoms with van der Waals surface area (Å²) in [4.78, 5) is 14.5. The number of carbonyl (C=O) groups excluding carboxylic acids is 1. The molecule has 1 aliphatic carbocycles. The van der Waals surface area contributed by atoms with Crippen LogP contribution in [0.2, 0.25) is 0 Å². The Morgan fingerprint density at radius 1 is 1.47 bits per heavy atom. The molecule has 0 bridgehead atoms. The normalized spacial score (nSPS) is 35.3. The fourth-order valence-electron chi connectivity index (χ4n) is 3.07. The van der Waals surface area contributed by atoms with Gasteiger partial charge in [-0.25, -0.2) is 0 Å². The molecular formula is C14H26N2O2S. The first-order valence-electron chi connectivity index (χ1n) is 7.36. The van der Waals surface area contributed by atoms with Crippen LogP contribution < -0.4 is 5.32 Å². The quantitative estimate of drug-likeness (QED) is 0.850. The van der Waals surface area contributed by atoms with Crippen LogP contribution >= 0.6 is 11.8 Å². The predicted molar refractivity (Wildman–Crippen MR) is 79.5 cm³/mol. The molecule has 110 valence electrons. The Kier molecular flexibility index (Phi) is 5.54. The van der Waals surface area contributed by atoms with E-state index in [9.17, 15) is 4.79 Å². The standard InChI is InChI=1S/C14H26N2O2S/c1-4-19-12-6-5-11(9-12)16(3)14(17)13-10(2)18-8-7-15-13/h10-13,15H,4-9H2,1-3H3/t10-,11?,12?,13+/m1/s1. The Labute approximate surface area is 120 Å². The topological polar surface area (TPSA) is 41.6 Å². The summed E-state index contributed by atoms with van der Waals surface area (Å²) in [5.41, 5.74) is 0. The minimum atomic E-state index is -0.170. The lowest BCUT2D eigenvalue weighted by molar-refractivity contribution is -0.140. The molecule has 1 amide bonds. The first kappa shape index (κ1) is 15.1. The Bertz CT molecular complexity index is 314. The van der Waals surface area contributed by atoms with Crippen LogP contribution in [0.15, 0.2) is 0 Å². The summed E-state index contributed by atoms with van der Waals surface area (Å²) in [6.07, 6.45) is 3.50. The number of nitrogens with one attached hydrogen (secondary N) is 1. The third-order valence-corrected chi connectivity index (χ3v) is 5.47. The summed E-state index contributed by atoms with van der Waals surface area (Å²) in [6, 6.07) is 0.240. The van der Waals surface area contributed by atoms with Gasteiger partial charge in [-0.2, -0.15) is 11.8 Å². The molecule has 2 fully saturated rings. The minimum Gasteiger partial charge on any atom is -0.375 e. The Balaban J connectivity index is 1.88. The van der Waals surface area contributed by atoms with Gasteiger partial charge in [-0.05, 0) is 31.9 Å². The molecule has 0 aromatic rings. The highest BCUT2D eigenvalue weighted by Crippen LogP contribution is 2.32. The number of morpholine rings is 1. The maximum Gasteiger partial charge on any atom is 0.242 e. The van der Waals surface area contributed by atoms with Crippen LogP contribution in [-0.2, 0) is 9.53 Å². The molecule has 2 unspecified atom stereocenters.